The highest BCUT2D eigenvalue weighted by atomic mass is 16.5. The van der Waals surface area contributed by atoms with Crippen LogP contribution in [-0.2, 0) is 20.7 Å². The minimum Gasteiger partial charge on any atom is -0.466 e. The monoisotopic (exact) mass is 279 g/mol. The van der Waals surface area contributed by atoms with Crippen molar-refractivity contribution in [1.29, 1.82) is 0 Å². The Labute approximate surface area is 118 Å². The second kappa shape index (κ2) is 9.09. The number of esters is 1. The van der Waals surface area contributed by atoms with Crippen LogP contribution in [0.4, 0.5) is 5.69 Å². The fourth-order valence-electron chi connectivity index (χ4n) is 1.76. The van der Waals surface area contributed by atoms with Crippen LogP contribution in [-0.4, -0.2) is 30.2 Å². The number of amides is 1. The van der Waals surface area contributed by atoms with Crippen LogP contribution in [0.25, 0.3) is 0 Å². The van der Waals surface area contributed by atoms with E-state index in [0.717, 1.165) is 12.0 Å². The predicted octanol–water partition coefficient (Wildman–Crippen LogP) is 1.89. The van der Waals surface area contributed by atoms with Crippen LogP contribution < -0.4 is 5.32 Å². The maximum Gasteiger partial charge on any atom is 0.306 e. The van der Waals surface area contributed by atoms with Crippen LogP contribution in [0.2, 0.25) is 0 Å². The Balaban J connectivity index is 2.43. The number of aliphatic hydroxyl groups excluding tert-OH is 1. The average molecular weight is 279 g/mol. The van der Waals surface area contributed by atoms with Gasteiger partial charge in [-0.1, -0.05) is 12.1 Å². The number of aliphatic hydroxyl groups is 1. The lowest BCUT2D eigenvalue weighted by molar-refractivity contribution is -0.144. The van der Waals surface area contributed by atoms with Gasteiger partial charge in [0.05, 0.1) is 13.0 Å². The molecule has 0 saturated heterocycles. The summed E-state index contributed by atoms with van der Waals surface area (Å²) >= 11 is 0. The fourth-order valence-corrected chi connectivity index (χ4v) is 1.76. The van der Waals surface area contributed by atoms with Crippen LogP contribution in [0.3, 0.4) is 0 Å². The summed E-state index contributed by atoms with van der Waals surface area (Å²) < 4.78 is 4.76. The summed E-state index contributed by atoms with van der Waals surface area (Å²) in [5, 5.41) is 11.5. The quantitative estimate of drug-likeness (QED) is 0.713. The predicted molar refractivity (Wildman–Crippen MR) is 76.3 cm³/mol. The molecule has 0 fully saturated rings. The SMILES string of the molecule is CCOC(=O)CCC(=O)Nc1cccc(CCCO)c1. The third kappa shape index (κ3) is 6.33. The minimum atomic E-state index is -0.362. The van der Waals surface area contributed by atoms with Crippen molar-refractivity contribution in [2.45, 2.75) is 32.6 Å². The van der Waals surface area contributed by atoms with Gasteiger partial charge in [-0.2, -0.15) is 0 Å². The Morgan fingerprint density at radius 2 is 2.10 bits per heavy atom. The van der Waals surface area contributed by atoms with Gasteiger partial charge in [-0.25, -0.2) is 0 Å². The van der Waals surface area contributed by atoms with E-state index in [1.807, 2.05) is 18.2 Å². The molecule has 0 atom stereocenters. The minimum absolute atomic E-state index is 0.0872. The molecule has 0 saturated carbocycles. The number of benzene rings is 1. The molecule has 1 aromatic carbocycles. The van der Waals surface area contributed by atoms with E-state index in [1.165, 1.54) is 0 Å². The molecule has 2 N–H and O–H groups in total. The first-order valence-electron chi connectivity index (χ1n) is 6.81. The normalized spacial score (nSPS) is 10.1. The van der Waals surface area contributed by atoms with E-state index < -0.39 is 0 Å². The molecule has 0 radical (unpaired) electrons. The smallest absolute Gasteiger partial charge is 0.306 e. The largest absolute Gasteiger partial charge is 0.466 e. The van der Waals surface area contributed by atoms with Crippen LogP contribution in [0.1, 0.15) is 31.7 Å². The van der Waals surface area contributed by atoms with E-state index in [9.17, 15) is 9.59 Å². The molecule has 1 amide bonds. The van der Waals surface area contributed by atoms with Crippen molar-refractivity contribution in [1.82, 2.24) is 0 Å². The molecule has 0 spiro atoms. The highest BCUT2D eigenvalue weighted by molar-refractivity contribution is 5.92. The van der Waals surface area contributed by atoms with Gasteiger partial charge in [0.15, 0.2) is 0 Å². The van der Waals surface area contributed by atoms with Gasteiger partial charge < -0.3 is 15.2 Å². The van der Waals surface area contributed by atoms with Crippen LogP contribution in [0.5, 0.6) is 0 Å². The first kappa shape index (κ1) is 16.2. The molecule has 0 aliphatic carbocycles. The van der Waals surface area contributed by atoms with E-state index in [1.54, 1.807) is 13.0 Å². The van der Waals surface area contributed by atoms with Crippen molar-refractivity contribution in [2.75, 3.05) is 18.5 Å². The maximum atomic E-state index is 11.7. The van der Waals surface area contributed by atoms with Gasteiger partial charge in [0.1, 0.15) is 0 Å². The number of carbonyl (C=O) groups is 2. The van der Waals surface area contributed by atoms with Crippen molar-refractivity contribution < 1.29 is 19.4 Å². The van der Waals surface area contributed by atoms with E-state index in [-0.39, 0.29) is 31.3 Å². The van der Waals surface area contributed by atoms with Crippen molar-refractivity contribution in [3.05, 3.63) is 29.8 Å². The standard InChI is InChI=1S/C15H21NO4/c1-2-20-15(19)9-8-14(18)16-13-7-3-5-12(11-13)6-4-10-17/h3,5,7,11,17H,2,4,6,8-10H2,1H3,(H,16,18). The Bertz CT molecular complexity index is 445. The average Bonchev–Trinajstić information content (AvgIpc) is 2.44. The van der Waals surface area contributed by atoms with E-state index >= 15 is 0 Å². The highest BCUT2D eigenvalue weighted by Gasteiger charge is 2.08. The van der Waals surface area contributed by atoms with Gasteiger partial charge in [0.25, 0.3) is 0 Å². The van der Waals surface area contributed by atoms with Crippen molar-refractivity contribution in [2.24, 2.45) is 0 Å². The van der Waals surface area contributed by atoms with E-state index in [0.29, 0.717) is 18.7 Å². The molecule has 20 heavy (non-hydrogen) atoms. The molecule has 0 aromatic heterocycles. The summed E-state index contributed by atoms with van der Waals surface area (Å²) in [6.07, 6.45) is 1.66. The Morgan fingerprint density at radius 3 is 2.80 bits per heavy atom. The Hall–Kier alpha value is -1.88. The number of rotatable bonds is 8. The number of hydrogen-bond acceptors (Lipinski definition) is 4. The molecule has 0 aliphatic heterocycles. The number of carbonyl (C=O) groups excluding carboxylic acids is 2. The molecule has 5 nitrogen and oxygen atoms in total. The number of aryl methyl sites for hydroxylation is 1. The van der Waals surface area contributed by atoms with E-state index in [4.69, 9.17) is 9.84 Å². The third-order valence-electron chi connectivity index (χ3n) is 2.70. The Kier molecular flexibility index (Phi) is 7.35. The summed E-state index contributed by atoms with van der Waals surface area (Å²) in [4.78, 5) is 22.8. The molecule has 0 unspecified atom stereocenters. The zero-order chi connectivity index (χ0) is 14.8. The lowest BCUT2D eigenvalue weighted by atomic mass is 10.1. The molecular formula is C15H21NO4. The van der Waals surface area contributed by atoms with Crippen molar-refractivity contribution in [3.63, 3.8) is 0 Å². The van der Waals surface area contributed by atoms with Crippen molar-refractivity contribution in [3.8, 4) is 0 Å². The number of nitrogens with one attached hydrogen (secondary N) is 1. The van der Waals surface area contributed by atoms with Crippen LogP contribution in [0.15, 0.2) is 24.3 Å². The number of hydrogen-bond donors (Lipinski definition) is 2. The lowest BCUT2D eigenvalue weighted by Crippen LogP contribution is -2.14. The Morgan fingerprint density at radius 1 is 1.30 bits per heavy atom. The van der Waals surface area contributed by atoms with Gasteiger partial charge in [-0.05, 0) is 37.5 Å². The summed E-state index contributed by atoms with van der Waals surface area (Å²) in [6, 6.07) is 7.47. The lowest BCUT2D eigenvalue weighted by Gasteiger charge is -2.07. The first-order valence-corrected chi connectivity index (χ1v) is 6.81. The van der Waals surface area contributed by atoms with E-state index in [2.05, 4.69) is 5.32 Å². The molecule has 1 aromatic rings. The number of anilines is 1. The van der Waals surface area contributed by atoms with Gasteiger partial charge in [0.2, 0.25) is 5.91 Å². The number of ether oxygens (including phenoxy) is 1. The second-order valence-electron chi connectivity index (χ2n) is 4.38. The topological polar surface area (TPSA) is 75.6 Å². The van der Waals surface area contributed by atoms with Crippen molar-refractivity contribution >= 4 is 17.6 Å². The van der Waals surface area contributed by atoms with Gasteiger partial charge >= 0.3 is 5.97 Å². The van der Waals surface area contributed by atoms with Crippen LogP contribution in [0, 0.1) is 0 Å². The molecule has 1 rings (SSSR count). The van der Waals surface area contributed by atoms with Gasteiger partial charge in [0, 0.05) is 18.7 Å². The van der Waals surface area contributed by atoms with Gasteiger partial charge in [-0.3, -0.25) is 9.59 Å². The molecule has 0 bridgehead atoms. The maximum absolute atomic E-state index is 11.7. The molecular weight excluding hydrogens is 258 g/mol. The highest BCUT2D eigenvalue weighted by Crippen LogP contribution is 2.12. The van der Waals surface area contributed by atoms with Crippen LogP contribution >= 0.6 is 0 Å². The zero-order valence-corrected chi connectivity index (χ0v) is 11.7. The fraction of sp³-hybridized carbons (Fsp3) is 0.467. The summed E-state index contributed by atoms with van der Waals surface area (Å²) in [7, 11) is 0. The second-order valence-corrected chi connectivity index (χ2v) is 4.38. The summed E-state index contributed by atoms with van der Waals surface area (Å²) in [5.74, 6) is -0.572. The molecule has 0 heterocycles. The molecule has 110 valence electrons. The first-order chi connectivity index (χ1) is 9.65. The zero-order valence-electron chi connectivity index (χ0n) is 11.7. The summed E-state index contributed by atoms with van der Waals surface area (Å²) in [5.41, 5.74) is 1.76. The molecule has 0 aliphatic rings. The summed E-state index contributed by atoms with van der Waals surface area (Å²) in [6.45, 7) is 2.21. The molecule has 5 heteroatoms. The third-order valence-corrected chi connectivity index (χ3v) is 2.70. The van der Waals surface area contributed by atoms with Gasteiger partial charge in [-0.15, -0.1) is 0 Å².